The molecule has 0 atom stereocenters. The fraction of sp³-hybridized carbons (Fsp3) is 0.259. The van der Waals surface area contributed by atoms with Crippen molar-refractivity contribution in [2.75, 3.05) is 13.7 Å². The molecule has 0 aliphatic rings. The lowest BCUT2D eigenvalue weighted by atomic mass is 9.97. The summed E-state index contributed by atoms with van der Waals surface area (Å²) in [6, 6.07) is 19.5. The lowest BCUT2D eigenvalue weighted by Crippen LogP contribution is -2.05. The number of aldehydes is 1. The summed E-state index contributed by atoms with van der Waals surface area (Å²) in [7, 11) is 1.36. The molecule has 0 saturated carbocycles. The van der Waals surface area contributed by atoms with Crippen LogP contribution in [0.3, 0.4) is 0 Å². The van der Waals surface area contributed by atoms with E-state index in [1.54, 1.807) is 12.1 Å². The number of rotatable bonds is 11. The third kappa shape index (κ3) is 6.59. The summed E-state index contributed by atoms with van der Waals surface area (Å²) >= 11 is 6.36. The number of halogens is 1. The molecule has 0 heterocycles. The van der Waals surface area contributed by atoms with Crippen LogP contribution in [0.2, 0.25) is 5.02 Å². The Balaban J connectivity index is 1.69. The van der Waals surface area contributed by atoms with Gasteiger partial charge in [0.1, 0.15) is 18.1 Å². The molecule has 3 aromatic rings. The van der Waals surface area contributed by atoms with Crippen LogP contribution in [0.5, 0.6) is 11.5 Å². The van der Waals surface area contributed by atoms with Gasteiger partial charge in [-0.15, -0.1) is 0 Å². The molecule has 0 radical (unpaired) electrons. The Kier molecular flexibility index (Phi) is 8.90. The molecule has 0 saturated heterocycles. The minimum atomic E-state index is -0.252. The molecule has 0 bridgehead atoms. The van der Waals surface area contributed by atoms with Gasteiger partial charge in [0.05, 0.1) is 24.3 Å². The number of benzene rings is 3. The van der Waals surface area contributed by atoms with E-state index in [4.69, 9.17) is 21.1 Å². The normalized spacial score (nSPS) is 10.5. The molecule has 172 valence electrons. The monoisotopic (exact) mass is 466 g/mol. The fourth-order valence-corrected chi connectivity index (χ4v) is 3.69. The number of methoxy groups -OCH3 is 1. The molecule has 3 rings (SSSR count). The van der Waals surface area contributed by atoms with Gasteiger partial charge in [-0.3, -0.25) is 9.59 Å². The topological polar surface area (TPSA) is 61.8 Å². The predicted molar refractivity (Wildman–Crippen MR) is 129 cm³/mol. The number of hydrogen-bond acceptors (Lipinski definition) is 5. The van der Waals surface area contributed by atoms with E-state index < -0.39 is 0 Å². The molecule has 5 nitrogen and oxygen atoms in total. The van der Waals surface area contributed by atoms with E-state index in [-0.39, 0.29) is 5.97 Å². The number of unbranched alkanes of at least 4 members (excludes halogenated alkanes) is 1. The first kappa shape index (κ1) is 24.3. The SMILES string of the molecule is COC(=O)CCCCOc1cc(OCc2cccc(-c3ccccc3)c2C)c(Cl)cc1C=O. The van der Waals surface area contributed by atoms with Crippen LogP contribution in [0, 0.1) is 6.92 Å². The Hall–Kier alpha value is -3.31. The zero-order valence-corrected chi connectivity index (χ0v) is 19.6. The molecule has 0 spiro atoms. The van der Waals surface area contributed by atoms with Crippen molar-refractivity contribution in [3.8, 4) is 22.6 Å². The average molecular weight is 467 g/mol. The highest BCUT2D eigenvalue weighted by Crippen LogP contribution is 2.34. The molecule has 0 aromatic heterocycles. The summed E-state index contributed by atoms with van der Waals surface area (Å²) in [5.41, 5.74) is 4.81. The second-order valence-corrected chi connectivity index (χ2v) is 7.97. The second-order valence-electron chi connectivity index (χ2n) is 7.56. The van der Waals surface area contributed by atoms with Crippen LogP contribution in [0.15, 0.2) is 60.7 Å². The van der Waals surface area contributed by atoms with Crippen LogP contribution in [0.25, 0.3) is 11.1 Å². The highest BCUT2D eigenvalue weighted by Gasteiger charge is 2.13. The van der Waals surface area contributed by atoms with Crippen molar-refractivity contribution >= 4 is 23.9 Å². The molecular weight excluding hydrogens is 440 g/mol. The van der Waals surface area contributed by atoms with Crippen LogP contribution >= 0.6 is 11.6 Å². The van der Waals surface area contributed by atoms with Gasteiger partial charge in [-0.25, -0.2) is 0 Å². The van der Waals surface area contributed by atoms with Crippen LogP contribution in [-0.2, 0) is 16.1 Å². The van der Waals surface area contributed by atoms with Gasteiger partial charge in [-0.05, 0) is 48.1 Å². The van der Waals surface area contributed by atoms with Crippen molar-refractivity contribution in [1.29, 1.82) is 0 Å². The standard InChI is InChI=1S/C27H27ClO5/c1-19-21(11-8-12-23(19)20-9-4-3-5-10-20)18-33-26-16-25(22(17-29)15-24(26)28)32-14-7-6-13-27(30)31-2/h3-5,8-12,15-17H,6-7,13-14,18H2,1-2H3. The summed E-state index contributed by atoms with van der Waals surface area (Å²) < 4.78 is 16.4. The van der Waals surface area contributed by atoms with Crippen molar-refractivity contribution in [1.82, 2.24) is 0 Å². The Morgan fingerprint density at radius 3 is 2.48 bits per heavy atom. The molecule has 0 aliphatic heterocycles. The fourth-order valence-electron chi connectivity index (χ4n) is 3.46. The van der Waals surface area contributed by atoms with Gasteiger partial charge in [-0.2, -0.15) is 0 Å². The lowest BCUT2D eigenvalue weighted by molar-refractivity contribution is -0.140. The van der Waals surface area contributed by atoms with Crippen molar-refractivity contribution < 1.29 is 23.8 Å². The Morgan fingerprint density at radius 2 is 1.76 bits per heavy atom. The quantitative estimate of drug-likeness (QED) is 0.185. The Morgan fingerprint density at radius 1 is 0.970 bits per heavy atom. The van der Waals surface area contributed by atoms with E-state index in [0.717, 1.165) is 22.3 Å². The van der Waals surface area contributed by atoms with Gasteiger partial charge < -0.3 is 14.2 Å². The molecule has 0 amide bonds. The molecule has 0 fully saturated rings. The van der Waals surface area contributed by atoms with E-state index in [1.807, 2.05) is 30.3 Å². The number of esters is 1. The second kappa shape index (κ2) is 12.1. The first-order chi connectivity index (χ1) is 16.0. The van der Waals surface area contributed by atoms with E-state index in [0.29, 0.717) is 60.8 Å². The third-order valence-electron chi connectivity index (χ3n) is 5.37. The molecule has 3 aromatic carbocycles. The number of carbonyl (C=O) groups is 2. The Labute approximate surface area is 199 Å². The van der Waals surface area contributed by atoms with Crippen LogP contribution in [-0.4, -0.2) is 26.0 Å². The van der Waals surface area contributed by atoms with Gasteiger partial charge in [-0.1, -0.05) is 60.1 Å². The summed E-state index contributed by atoms with van der Waals surface area (Å²) in [4.78, 5) is 22.7. The molecule has 0 unspecified atom stereocenters. The van der Waals surface area contributed by atoms with Crippen molar-refractivity contribution in [2.24, 2.45) is 0 Å². The van der Waals surface area contributed by atoms with Crippen molar-refractivity contribution in [3.63, 3.8) is 0 Å². The van der Waals surface area contributed by atoms with E-state index in [9.17, 15) is 9.59 Å². The maximum Gasteiger partial charge on any atom is 0.305 e. The maximum absolute atomic E-state index is 11.5. The first-order valence-electron chi connectivity index (χ1n) is 10.8. The molecule has 0 N–H and O–H groups in total. The first-order valence-corrected chi connectivity index (χ1v) is 11.2. The number of hydrogen-bond donors (Lipinski definition) is 0. The highest BCUT2D eigenvalue weighted by atomic mass is 35.5. The van der Waals surface area contributed by atoms with Crippen molar-refractivity contribution in [3.05, 3.63) is 82.4 Å². The van der Waals surface area contributed by atoms with Crippen LogP contribution < -0.4 is 9.47 Å². The zero-order valence-electron chi connectivity index (χ0n) is 18.8. The summed E-state index contributed by atoms with van der Waals surface area (Å²) in [5, 5.41) is 0.340. The minimum absolute atomic E-state index is 0.252. The summed E-state index contributed by atoms with van der Waals surface area (Å²) in [6.07, 6.45) is 2.32. The maximum atomic E-state index is 11.5. The third-order valence-corrected chi connectivity index (χ3v) is 5.66. The van der Waals surface area contributed by atoms with E-state index in [2.05, 4.69) is 29.9 Å². The summed E-state index contributed by atoms with van der Waals surface area (Å²) in [5.74, 6) is 0.589. The smallest absolute Gasteiger partial charge is 0.305 e. The zero-order chi connectivity index (χ0) is 23.6. The van der Waals surface area contributed by atoms with Crippen molar-refractivity contribution in [2.45, 2.75) is 32.8 Å². The molecule has 6 heteroatoms. The van der Waals surface area contributed by atoms with Gasteiger partial charge in [0.2, 0.25) is 0 Å². The minimum Gasteiger partial charge on any atom is -0.493 e. The molecule has 0 aliphatic carbocycles. The molecular formula is C27H27ClO5. The average Bonchev–Trinajstić information content (AvgIpc) is 2.84. The highest BCUT2D eigenvalue weighted by molar-refractivity contribution is 6.32. The lowest BCUT2D eigenvalue weighted by Gasteiger charge is -2.15. The largest absolute Gasteiger partial charge is 0.493 e. The van der Waals surface area contributed by atoms with Gasteiger partial charge in [0.15, 0.2) is 6.29 Å². The van der Waals surface area contributed by atoms with Gasteiger partial charge >= 0.3 is 5.97 Å². The summed E-state index contributed by atoms with van der Waals surface area (Å²) in [6.45, 7) is 2.75. The van der Waals surface area contributed by atoms with Gasteiger partial charge in [0, 0.05) is 12.5 Å². The predicted octanol–water partition coefficient (Wildman–Crippen LogP) is 6.43. The number of ether oxygens (including phenoxy) is 3. The van der Waals surface area contributed by atoms with Gasteiger partial charge in [0.25, 0.3) is 0 Å². The number of carbonyl (C=O) groups excluding carboxylic acids is 2. The molecule has 33 heavy (non-hydrogen) atoms. The Bertz CT molecular complexity index is 1100. The van der Waals surface area contributed by atoms with E-state index in [1.165, 1.54) is 7.11 Å². The van der Waals surface area contributed by atoms with Crippen LogP contribution in [0.4, 0.5) is 0 Å². The van der Waals surface area contributed by atoms with Crippen LogP contribution in [0.1, 0.15) is 40.7 Å². The van der Waals surface area contributed by atoms with E-state index >= 15 is 0 Å².